The summed E-state index contributed by atoms with van der Waals surface area (Å²) in [4.78, 5) is 0. The second-order valence-corrected chi connectivity index (χ2v) is 3.18. The summed E-state index contributed by atoms with van der Waals surface area (Å²) >= 11 is 0. The van der Waals surface area contributed by atoms with Crippen molar-refractivity contribution in [2.24, 2.45) is 5.73 Å². The van der Waals surface area contributed by atoms with Crippen LogP contribution < -0.4 is 15.8 Å². The highest BCUT2D eigenvalue weighted by Crippen LogP contribution is 2.22. The third kappa shape index (κ3) is 2.51. The van der Waals surface area contributed by atoms with Crippen molar-refractivity contribution in [1.29, 1.82) is 0 Å². The minimum Gasteiger partial charge on any atom is -0.494 e. The highest BCUT2D eigenvalue weighted by atomic mass is 19.1. The highest BCUT2D eigenvalue weighted by Gasteiger charge is 2.07. The molecule has 0 fully saturated rings. The van der Waals surface area contributed by atoms with Gasteiger partial charge in [-0.05, 0) is 12.1 Å². The molecular formula is C10H11FN4O2. The van der Waals surface area contributed by atoms with Gasteiger partial charge >= 0.3 is 6.01 Å². The molecule has 0 aliphatic carbocycles. The number of anilines is 2. The maximum atomic E-state index is 13.4. The lowest BCUT2D eigenvalue weighted by Gasteiger charge is -2.04. The fraction of sp³-hybridized carbons (Fsp3) is 0.200. The zero-order valence-electron chi connectivity index (χ0n) is 9.11. The summed E-state index contributed by atoms with van der Waals surface area (Å²) in [5, 5.41) is 10.1. The van der Waals surface area contributed by atoms with Gasteiger partial charge < -0.3 is 20.2 Å². The van der Waals surface area contributed by atoms with Gasteiger partial charge in [0, 0.05) is 11.8 Å². The number of nitrogens with one attached hydrogen (secondary N) is 1. The van der Waals surface area contributed by atoms with E-state index in [9.17, 15) is 4.39 Å². The van der Waals surface area contributed by atoms with Crippen LogP contribution in [0.3, 0.4) is 0 Å². The Kier molecular flexibility index (Phi) is 3.20. The zero-order valence-corrected chi connectivity index (χ0v) is 9.11. The van der Waals surface area contributed by atoms with E-state index < -0.39 is 5.82 Å². The lowest BCUT2D eigenvalue weighted by Crippen LogP contribution is -1.95. The van der Waals surface area contributed by atoms with Crippen LogP contribution in [0, 0.1) is 5.82 Å². The smallest absolute Gasteiger partial charge is 0.320 e. The Morgan fingerprint density at radius 2 is 2.29 bits per heavy atom. The predicted molar refractivity (Wildman–Crippen MR) is 58.4 cm³/mol. The number of halogens is 1. The normalized spacial score (nSPS) is 10.3. The van der Waals surface area contributed by atoms with E-state index in [0.717, 1.165) is 0 Å². The van der Waals surface area contributed by atoms with Crippen molar-refractivity contribution >= 4 is 11.7 Å². The minimum atomic E-state index is -0.476. The molecule has 0 saturated carbocycles. The van der Waals surface area contributed by atoms with Gasteiger partial charge in [0.1, 0.15) is 0 Å². The van der Waals surface area contributed by atoms with Crippen molar-refractivity contribution in [1.82, 2.24) is 10.2 Å². The Hall–Kier alpha value is -2.15. The molecule has 0 amide bonds. The molecule has 6 nitrogen and oxygen atoms in total. The molecule has 1 heterocycles. The van der Waals surface area contributed by atoms with E-state index in [2.05, 4.69) is 15.5 Å². The van der Waals surface area contributed by atoms with Crippen LogP contribution in [-0.2, 0) is 6.54 Å². The van der Waals surface area contributed by atoms with Crippen LogP contribution >= 0.6 is 0 Å². The number of benzene rings is 1. The second kappa shape index (κ2) is 4.79. The van der Waals surface area contributed by atoms with Crippen molar-refractivity contribution in [3.8, 4) is 5.75 Å². The molecule has 1 aromatic carbocycles. The van der Waals surface area contributed by atoms with Crippen LogP contribution in [0.5, 0.6) is 5.75 Å². The number of ether oxygens (including phenoxy) is 1. The van der Waals surface area contributed by atoms with Crippen molar-refractivity contribution in [2.45, 2.75) is 6.54 Å². The van der Waals surface area contributed by atoms with Gasteiger partial charge in [-0.15, -0.1) is 5.10 Å². The van der Waals surface area contributed by atoms with Crippen LogP contribution in [0.15, 0.2) is 22.6 Å². The lowest BCUT2D eigenvalue weighted by molar-refractivity contribution is 0.386. The van der Waals surface area contributed by atoms with Gasteiger partial charge in [-0.2, -0.15) is 0 Å². The number of aromatic nitrogens is 2. The highest BCUT2D eigenvalue weighted by molar-refractivity contribution is 5.53. The average Bonchev–Trinajstić information content (AvgIpc) is 2.77. The van der Waals surface area contributed by atoms with Gasteiger partial charge in [0.05, 0.1) is 13.7 Å². The lowest BCUT2D eigenvalue weighted by atomic mass is 10.3. The third-order valence-electron chi connectivity index (χ3n) is 2.04. The van der Waals surface area contributed by atoms with Crippen molar-refractivity contribution in [2.75, 3.05) is 12.4 Å². The van der Waals surface area contributed by atoms with Gasteiger partial charge in [-0.1, -0.05) is 5.10 Å². The Morgan fingerprint density at radius 1 is 1.47 bits per heavy atom. The minimum absolute atomic E-state index is 0.158. The van der Waals surface area contributed by atoms with Crippen LogP contribution in [0.25, 0.3) is 0 Å². The molecule has 2 rings (SSSR count). The third-order valence-corrected chi connectivity index (χ3v) is 2.04. The molecule has 7 heteroatoms. The van der Waals surface area contributed by atoms with E-state index in [1.807, 2.05) is 0 Å². The van der Waals surface area contributed by atoms with Crippen LogP contribution in [0.2, 0.25) is 0 Å². The first-order valence-electron chi connectivity index (χ1n) is 4.86. The molecule has 0 atom stereocenters. The van der Waals surface area contributed by atoms with Crippen molar-refractivity contribution in [3.05, 3.63) is 29.9 Å². The largest absolute Gasteiger partial charge is 0.494 e. The zero-order chi connectivity index (χ0) is 12.3. The van der Waals surface area contributed by atoms with Crippen LogP contribution in [-0.4, -0.2) is 17.3 Å². The number of nitrogens with zero attached hydrogens (tertiary/aromatic N) is 2. The maximum absolute atomic E-state index is 13.4. The first kappa shape index (κ1) is 11.3. The summed E-state index contributed by atoms with van der Waals surface area (Å²) in [6, 6.07) is 4.56. The number of rotatable bonds is 4. The van der Waals surface area contributed by atoms with E-state index in [1.165, 1.54) is 19.2 Å². The summed E-state index contributed by atoms with van der Waals surface area (Å²) in [5.74, 6) is 0.00118. The van der Waals surface area contributed by atoms with Gasteiger partial charge in [0.15, 0.2) is 11.6 Å². The number of methoxy groups -OCH3 is 1. The van der Waals surface area contributed by atoms with Gasteiger partial charge in [0.25, 0.3) is 0 Å². The molecule has 0 aliphatic rings. The van der Waals surface area contributed by atoms with E-state index in [-0.39, 0.29) is 18.3 Å². The van der Waals surface area contributed by atoms with E-state index in [1.54, 1.807) is 6.07 Å². The molecule has 0 aliphatic heterocycles. The van der Waals surface area contributed by atoms with Crippen molar-refractivity contribution in [3.63, 3.8) is 0 Å². The first-order chi connectivity index (χ1) is 8.22. The number of hydrogen-bond acceptors (Lipinski definition) is 6. The van der Waals surface area contributed by atoms with E-state index in [4.69, 9.17) is 14.9 Å². The summed E-state index contributed by atoms with van der Waals surface area (Å²) < 4.78 is 23.3. The quantitative estimate of drug-likeness (QED) is 0.837. The Bertz CT molecular complexity index is 515. The number of nitrogens with two attached hydrogens (primary N) is 1. The maximum Gasteiger partial charge on any atom is 0.320 e. The molecule has 2 aromatic rings. The molecule has 0 bridgehead atoms. The Labute approximate surface area is 96.6 Å². The average molecular weight is 238 g/mol. The summed E-state index contributed by atoms with van der Waals surface area (Å²) in [7, 11) is 1.40. The van der Waals surface area contributed by atoms with Gasteiger partial charge in [-0.25, -0.2) is 4.39 Å². The monoisotopic (exact) mass is 238 g/mol. The standard InChI is InChI=1S/C10H11FN4O2/c1-16-8-3-2-6(4-7(8)11)13-10-15-14-9(5-12)17-10/h2-4H,5,12H2,1H3,(H,13,15). The molecule has 3 N–H and O–H groups in total. The molecule has 17 heavy (non-hydrogen) atoms. The van der Waals surface area contributed by atoms with E-state index >= 15 is 0 Å². The van der Waals surface area contributed by atoms with Gasteiger partial charge in [-0.3, -0.25) is 0 Å². The summed E-state index contributed by atoms with van der Waals surface area (Å²) in [6.07, 6.45) is 0. The van der Waals surface area contributed by atoms with Crippen LogP contribution in [0.4, 0.5) is 16.1 Å². The fourth-order valence-electron chi connectivity index (χ4n) is 1.25. The Morgan fingerprint density at radius 3 is 2.88 bits per heavy atom. The number of hydrogen-bond donors (Lipinski definition) is 2. The van der Waals surface area contributed by atoms with Crippen molar-refractivity contribution < 1.29 is 13.5 Å². The van der Waals surface area contributed by atoms with Crippen LogP contribution in [0.1, 0.15) is 5.89 Å². The molecule has 0 spiro atoms. The first-order valence-corrected chi connectivity index (χ1v) is 4.86. The SMILES string of the molecule is COc1ccc(Nc2nnc(CN)o2)cc1F. The predicted octanol–water partition coefficient (Wildman–Crippen LogP) is 1.42. The molecular weight excluding hydrogens is 227 g/mol. The molecule has 90 valence electrons. The van der Waals surface area contributed by atoms with E-state index in [0.29, 0.717) is 11.6 Å². The molecule has 0 radical (unpaired) electrons. The molecule has 0 saturated heterocycles. The topological polar surface area (TPSA) is 86.2 Å². The summed E-state index contributed by atoms with van der Waals surface area (Å²) in [6.45, 7) is 0.158. The fourth-order valence-corrected chi connectivity index (χ4v) is 1.25. The summed E-state index contributed by atoms with van der Waals surface area (Å²) in [5.41, 5.74) is 5.80. The van der Waals surface area contributed by atoms with Gasteiger partial charge in [0.2, 0.25) is 5.89 Å². The Balaban J connectivity index is 2.15. The second-order valence-electron chi connectivity index (χ2n) is 3.18. The molecule has 1 aromatic heterocycles. The molecule has 0 unspecified atom stereocenters.